The van der Waals surface area contributed by atoms with Gasteiger partial charge in [0, 0.05) is 6.54 Å². The summed E-state index contributed by atoms with van der Waals surface area (Å²) in [4.78, 5) is 44.1. The monoisotopic (exact) mass is 276 g/mol. The molecular weight excluding hydrogens is 270 g/mol. The van der Waals surface area contributed by atoms with Gasteiger partial charge in [-0.1, -0.05) is 6.20 Å². The summed E-state index contributed by atoms with van der Waals surface area (Å²) in [5, 5.41) is 5.19. The summed E-state index contributed by atoms with van der Waals surface area (Å²) in [6.07, 6.45) is 1.07. The van der Waals surface area contributed by atoms with Crippen LogP contribution < -0.4 is 119 Å². The molecule has 0 bridgehead atoms. The van der Waals surface area contributed by atoms with Crippen LogP contribution in [0.4, 0.5) is 4.79 Å². The maximum absolute atomic E-state index is 10.0. The van der Waals surface area contributed by atoms with E-state index in [1.807, 2.05) is 10.3 Å². The Morgan fingerprint density at radius 3 is 1.88 bits per heavy atom. The maximum atomic E-state index is 10.0. The maximum Gasteiger partial charge on any atom is 1.00 e. The van der Waals surface area contributed by atoms with Crippen LogP contribution in [0.25, 0.3) is 5.32 Å². The molecule has 0 radical (unpaired) electrons. The summed E-state index contributed by atoms with van der Waals surface area (Å²) < 4.78 is 0. The van der Waals surface area contributed by atoms with Gasteiger partial charge in [0.25, 0.3) is 0 Å². The molecule has 1 aliphatic rings. The third-order valence-corrected chi connectivity index (χ3v) is 1.18. The molecular formula is C6H6K2N4O4. The zero-order valence-electron chi connectivity index (χ0n) is 8.86. The van der Waals surface area contributed by atoms with Gasteiger partial charge in [0.2, 0.25) is 0 Å². The third kappa shape index (κ3) is 8.16. The summed E-state index contributed by atoms with van der Waals surface area (Å²) >= 11 is 0. The fourth-order valence-corrected chi connectivity index (χ4v) is 0.657. The van der Waals surface area contributed by atoms with Crippen LogP contribution in [0.15, 0.2) is 15.8 Å². The fraction of sp³-hybridized carbons (Fsp3) is 0.167. The quantitative estimate of drug-likeness (QED) is 0.247. The zero-order chi connectivity index (χ0) is 10.6. The number of imidazole rings is 1. The van der Waals surface area contributed by atoms with Crippen molar-refractivity contribution < 1.29 is 112 Å². The first-order chi connectivity index (χ1) is 6.58. The summed E-state index contributed by atoms with van der Waals surface area (Å²) in [6, 6.07) is -0.523. The molecule has 0 spiro atoms. The van der Waals surface area contributed by atoms with Crippen LogP contribution in [0, 0.1) is 0 Å². The van der Waals surface area contributed by atoms with Crippen molar-refractivity contribution in [2.45, 2.75) is 0 Å². The molecule has 76 valence electrons. The van der Waals surface area contributed by atoms with Crippen LogP contribution in [-0.4, -0.2) is 28.5 Å². The van der Waals surface area contributed by atoms with Crippen LogP contribution in [0.5, 0.6) is 0 Å². The van der Waals surface area contributed by atoms with E-state index in [-0.39, 0.29) is 121 Å². The number of aromatic nitrogens is 2. The number of carbonyl (C=O) groups is 2. The number of carbonyl (C=O) groups excluding carboxylic acids is 2. The first-order valence-corrected chi connectivity index (χ1v) is 3.54. The first-order valence-electron chi connectivity index (χ1n) is 3.54. The molecule has 0 unspecified atom stereocenters. The van der Waals surface area contributed by atoms with Gasteiger partial charge in [0.05, 0.1) is 0 Å². The van der Waals surface area contributed by atoms with Gasteiger partial charge < -0.3 is 25.4 Å². The number of urea groups is 1. The molecule has 8 nitrogen and oxygen atoms in total. The van der Waals surface area contributed by atoms with E-state index in [1.54, 1.807) is 0 Å². The van der Waals surface area contributed by atoms with Crippen LogP contribution >= 0.6 is 0 Å². The molecule has 0 saturated carbocycles. The normalized spacial score (nSPS) is 12.2. The molecule has 16 heavy (non-hydrogen) atoms. The Kier molecular flexibility index (Phi) is 12.1. The van der Waals surface area contributed by atoms with Gasteiger partial charge in [-0.25, -0.2) is 0 Å². The van der Waals surface area contributed by atoms with Gasteiger partial charge in [0.15, 0.2) is 17.3 Å². The molecule has 2 heterocycles. The van der Waals surface area contributed by atoms with E-state index >= 15 is 0 Å². The van der Waals surface area contributed by atoms with E-state index in [0.717, 1.165) is 6.20 Å². The topological polar surface area (TPSA) is 126 Å². The standard InChI is InChI=1S/C3H4N2O2.C3H3N2O2.2K/c2*6-2-1-4-3(7)5-2;;/h1H2,(H2,4,5,6,7);1H,(H2,4,5,6,7);;/q;-1;2*+1/p-1. The molecule has 3 amide bonds. The van der Waals surface area contributed by atoms with Crippen molar-refractivity contribution in [1.82, 2.24) is 15.3 Å². The van der Waals surface area contributed by atoms with Crippen LogP contribution in [0.2, 0.25) is 0 Å². The number of nitrogens with one attached hydrogen (secondary N) is 3. The minimum Gasteiger partial charge on any atom is -0.466 e. The van der Waals surface area contributed by atoms with Crippen molar-refractivity contribution in [3.8, 4) is 0 Å². The van der Waals surface area contributed by atoms with Crippen LogP contribution in [0.1, 0.15) is 0 Å². The minimum atomic E-state index is -0.523. The predicted molar refractivity (Wildman–Crippen MR) is 45.0 cm³/mol. The summed E-state index contributed by atoms with van der Waals surface area (Å²) in [5.41, 5.74) is -0.838. The zero-order valence-corrected chi connectivity index (χ0v) is 15.1. The van der Waals surface area contributed by atoms with Crippen LogP contribution in [0.3, 0.4) is 0 Å². The number of aromatic amines is 2. The number of hydrogen-bond acceptors (Lipinski definition) is 4. The second-order valence-electron chi connectivity index (χ2n) is 2.28. The summed E-state index contributed by atoms with van der Waals surface area (Å²) in [6.45, 7) is -0.00116. The van der Waals surface area contributed by atoms with Crippen molar-refractivity contribution in [2.75, 3.05) is 6.54 Å². The Bertz CT molecular complexity index is 409. The molecule has 1 aliphatic heterocycles. The fourth-order valence-electron chi connectivity index (χ4n) is 0.657. The summed E-state index contributed by atoms with van der Waals surface area (Å²) in [5.74, 6) is -0.315. The number of nitrogens with zero attached hydrogens (tertiary/aromatic N) is 1. The first kappa shape index (κ1) is 19.4. The van der Waals surface area contributed by atoms with Crippen molar-refractivity contribution >= 4 is 11.9 Å². The van der Waals surface area contributed by atoms with Gasteiger partial charge >= 0.3 is 103 Å². The average Bonchev–Trinajstić information content (AvgIpc) is 2.63. The average molecular weight is 276 g/mol. The van der Waals surface area contributed by atoms with Crippen molar-refractivity contribution in [3.63, 3.8) is 0 Å². The number of H-pyrrole nitrogens is 2. The van der Waals surface area contributed by atoms with E-state index in [0.29, 0.717) is 0 Å². The molecule has 3 N–H and O–H groups in total. The van der Waals surface area contributed by atoms with Crippen molar-refractivity contribution in [3.05, 3.63) is 32.4 Å². The molecule has 0 atom stereocenters. The van der Waals surface area contributed by atoms with Gasteiger partial charge in [-0.15, -0.1) is 0 Å². The number of hydrogen-bond donors (Lipinski definition) is 3. The molecule has 1 aromatic rings. The largest absolute Gasteiger partial charge is 1.00 e. The van der Waals surface area contributed by atoms with Gasteiger partial charge in [0.1, 0.15) is 5.91 Å². The number of imide groups is 1. The second kappa shape index (κ2) is 9.99. The Labute approximate surface area is 175 Å². The van der Waals surface area contributed by atoms with E-state index < -0.39 is 11.7 Å². The van der Waals surface area contributed by atoms with E-state index in [2.05, 4.69) is 10.3 Å². The van der Waals surface area contributed by atoms with Gasteiger partial charge in [-0.2, -0.15) is 0 Å². The predicted octanol–water partition coefficient (Wildman–Crippen LogP) is -7.60. The molecule has 1 aromatic heterocycles. The van der Waals surface area contributed by atoms with Crippen LogP contribution in [-0.2, 0) is 4.79 Å². The minimum absolute atomic E-state index is 0. The molecule has 1 fully saturated rings. The Hall–Kier alpha value is 1.02. The third-order valence-electron chi connectivity index (χ3n) is 1.18. The smallest absolute Gasteiger partial charge is 0.466 e. The Morgan fingerprint density at radius 1 is 1.12 bits per heavy atom. The van der Waals surface area contributed by atoms with Crippen molar-refractivity contribution in [1.29, 1.82) is 0 Å². The van der Waals surface area contributed by atoms with E-state index in [9.17, 15) is 19.2 Å². The molecule has 0 aromatic carbocycles. The SMILES string of the molecule is O=C1C[N-]C(=O)N1.O=c1[cH-][nH]c(=O)[nH]1.[K+].[K+]. The van der Waals surface area contributed by atoms with Crippen molar-refractivity contribution in [2.24, 2.45) is 0 Å². The second-order valence-corrected chi connectivity index (χ2v) is 2.28. The Morgan fingerprint density at radius 2 is 1.75 bits per heavy atom. The van der Waals surface area contributed by atoms with Gasteiger partial charge in [-0.05, 0) is 0 Å². The molecule has 0 aliphatic carbocycles. The van der Waals surface area contributed by atoms with E-state index in [1.165, 1.54) is 0 Å². The Balaban J connectivity index is 0. The van der Waals surface area contributed by atoms with Gasteiger partial charge in [-0.3, -0.25) is 14.4 Å². The van der Waals surface area contributed by atoms with E-state index in [4.69, 9.17) is 0 Å². The molecule has 10 heteroatoms. The molecule has 1 saturated heterocycles. The number of rotatable bonds is 0. The molecule has 2 rings (SSSR count). The number of amides is 3. The summed E-state index contributed by atoms with van der Waals surface area (Å²) in [7, 11) is 0.